The lowest BCUT2D eigenvalue weighted by Crippen LogP contribution is -2.35. The first-order valence-electron chi connectivity index (χ1n) is 9.09. The fourth-order valence-corrected chi connectivity index (χ4v) is 3.49. The van der Waals surface area contributed by atoms with Gasteiger partial charge < -0.3 is 10.2 Å². The van der Waals surface area contributed by atoms with Crippen LogP contribution in [0, 0.1) is 0 Å². The van der Waals surface area contributed by atoms with E-state index in [4.69, 9.17) is 0 Å². The van der Waals surface area contributed by atoms with E-state index in [9.17, 15) is 9.59 Å². The molecule has 0 bridgehead atoms. The summed E-state index contributed by atoms with van der Waals surface area (Å²) in [7, 11) is 0. The summed E-state index contributed by atoms with van der Waals surface area (Å²) < 4.78 is 0. The summed E-state index contributed by atoms with van der Waals surface area (Å²) >= 11 is 0. The van der Waals surface area contributed by atoms with Gasteiger partial charge in [0.1, 0.15) is 0 Å². The molecule has 2 amide bonds. The highest BCUT2D eigenvalue weighted by Gasteiger charge is 2.19. The van der Waals surface area contributed by atoms with Crippen LogP contribution in [-0.2, 0) is 16.1 Å². The van der Waals surface area contributed by atoms with Gasteiger partial charge in [0.25, 0.3) is 0 Å². The largest absolute Gasteiger partial charge is 0.348 e. The van der Waals surface area contributed by atoms with E-state index >= 15 is 0 Å². The van der Waals surface area contributed by atoms with Gasteiger partial charge in [-0.15, -0.1) is 0 Å². The van der Waals surface area contributed by atoms with Crippen LogP contribution < -0.4 is 10.2 Å². The number of amides is 2. The van der Waals surface area contributed by atoms with Gasteiger partial charge in [-0.1, -0.05) is 24.1 Å². The highest BCUT2D eigenvalue weighted by molar-refractivity contribution is 5.94. The molecule has 24 heavy (non-hydrogen) atoms. The number of hydrogen-bond acceptors (Lipinski definition) is 2. The van der Waals surface area contributed by atoms with Gasteiger partial charge in [0, 0.05) is 31.3 Å². The molecule has 1 aromatic rings. The maximum atomic E-state index is 12.1. The molecule has 1 aromatic carbocycles. The van der Waals surface area contributed by atoms with E-state index in [2.05, 4.69) is 5.32 Å². The van der Waals surface area contributed by atoms with E-state index in [1.165, 1.54) is 24.8 Å². The van der Waals surface area contributed by atoms with Gasteiger partial charge in [0.2, 0.25) is 11.8 Å². The molecule has 1 aliphatic carbocycles. The van der Waals surface area contributed by atoms with Crippen molar-refractivity contribution in [3.8, 4) is 0 Å². The van der Waals surface area contributed by atoms with Crippen molar-refractivity contribution in [2.45, 2.75) is 57.9 Å². The van der Waals surface area contributed by atoms with Gasteiger partial charge in [0.05, 0.1) is 0 Å². The average molecular weight is 326 g/mol. The monoisotopic (exact) mass is 326 g/mol. The zero-order valence-corrected chi connectivity index (χ0v) is 14.2. The molecule has 4 nitrogen and oxygen atoms in total. The molecule has 1 aliphatic heterocycles. The van der Waals surface area contributed by atoms with Gasteiger partial charge in [-0.2, -0.15) is 0 Å². The van der Waals surface area contributed by atoms with Crippen molar-refractivity contribution in [1.29, 1.82) is 0 Å². The second-order valence-electron chi connectivity index (χ2n) is 6.75. The van der Waals surface area contributed by atoms with Crippen molar-refractivity contribution in [1.82, 2.24) is 5.32 Å². The van der Waals surface area contributed by atoms with Crippen molar-refractivity contribution in [3.63, 3.8) is 0 Å². The minimum absolute atomic E-state index is 0.00801. The number of piperidine rings is 1. The third-order valence-electron chi connectivity index (χ3n) is 4.84. The van der Waals surface area contributed by atoms with Crippen molar-refractivity contribution in [2.24, 2.45) is 0 Å². The summed E-state index contributed by atoms with van der Waals surface area (Å²) in [6, 6.07) is 7.93. The highest BCUT2D eigenvalue weighted by atomic mass is 16.2. The van der Waals surface area contributed by atoms with E-state index in [1.54, 1.807) is 6.08 Å². The number of anilines is 1. The smallest absolute Gasteiger partial charge is 0.244 e. The molecule has 0 radical (unpaired) electrons. The first-order chi connectivity index (χ1) is 11.7. The minimum atomic E-state index is -0.00801. The predicted molar refractivity (Wildman–Crippen MR) is 95.7 cm³/mol. The molecule has 0 atom stereocenters. The number of rotatable bonds is 4. The van der Waals surface area contributed by atoms with Crippen molar-refractivity contribution in [2.75, 3.05) is 11.4 Å². The van der Waals surface area contributed by atoms with Crippen LogP contribution in [-0.4, -0.2) is 18.4 Å². The van der Waals surface area contributed by atoms with E-state index in [-0.39, 0.29) is 11.8 Å². The Hall–Kier alpha value is -2.10. The molecule has 2 aliphatic rings. The number of carbonyl (C=O) groups excluding carboxylic acids is 2. The van der Waals surface area contributed by atoms with Crippen LogP contribution in [0.25, 0.3) is 0 Å². The highest BCUT2D eigenvalue weighted by Crippen LogP contribution is 2.23. The summed E-state index contributed by atoms with van der Waals surface area (Å²) in [5.41, 5.74) is 3.24. The fraction of sp³-hybridized carbons (Fsp3) is 0.500. The lowest BCUT2D eigenvalue weighted by atomic mass is 9.94. The molecule has 0 aromatic heterocycles. The fourth-order valence-electron chi connectivity index (χ4n) is 3.49. The second kappa shape index (κ2) is 8.13. The van der Waals surface area contributed by atoms with Gasteiger partial charge >= 0.3 is 0 Å². The maximum absolute atomic E-state index is 12.1. The number of allylic oxidation sites excluding steroid dienone is 1. The standard InChI is InChI=1S/C20H26N2O2/c23-19(14-16-7-2-1-3-8-16)21-15-17-9-6-10-18(13-17)22-12-5-4-11-20(22)24/h6,9-10,13-14H,1-5,7-8,11-12,15H2,(H,21,23). The Kier molecular flexibility index (Phi) is 5.68. The Balaban J connectivity index is 1.58. The molecule has 1 saturated heterocycles. The number of hydrogen-bond donors (Lipinski definition) is 1. The number of nitrogens with one attached hydrogen (secondary N) is 1. The molecule has 1 heterocycles. The maximum Gasteiger partial charge on any atom is 0.244 e. The van der Waals surface area contributed by atoms with Crippen LogP contribution in [0.3, 0.4) is 0 Å². The van der Waals surface area contributed by atoms with E-state index in [0.717, 1.165) is 43.5 Å². The number of carbonyl (C=O) groups is 2. The first kappa shape index (κ1) is 16.7. The lowest BCUT2D eigenvalue weighted by molar-refractivity contribution is -0.119. The molecule has 0 unspecified atom stereocenters. The quantitative estimate of drug-likeness (QED) is 0.858. The van der Waals surface area contributed by atoms with E-state index in [1.807, 2.05) is 29.2 Å². The van der Waals surface area contributed by atoms with Crippen LogP contribution in [0.5, 0.6) is 0 Å². The summed E-state index contributed by atoms with van der Waals surface area (Å²) in [4.78, 5) is 26.0. The summed E-state index contributed by atoms with van der Waals surface area (Å²) in [6.07, 6.45) is 10.2. The predicted octanol–water partition coefficient (Wildman–Crippen LogP) is 3.71. The summed E-state index contributed by atoms with van der Waals surface area (Å²) in [5.74, 6) is 0.191. The molecule has 1 N–H and O–H groups in total. The number of nitrogens with zero attached hydrogens (tertiary/aromatic N) is 1. The summed E-state index contributed by atoms with van der Waals surface area (Å²) in [5, 5.41) is 2.97. The Morgan fingerprint density at radius 3 is 2.67 bits per heavy atom. The SMILES string of the molecule is O=C(C=C1CCCCC1)NCc1cccc(N2CCCCC2=O)c1. The molecular weight excluding hydrogens is 300 g/mol. The minimum Gasteiger partial charge on any atom is -0.348 e. The normalized spacial score (nSPS) is 18.4. The molecule has 128 valence electrons. The zero-order chi connectivity index (χ0) is 16.8. The first-order valence-corrected chi connectivity index (χ1v) is 9.09. The van der Waals surface area contributed by atoms with Crippen molar-refractivity contribution >= 4 is 17.5 Å². The Bertz CT molecular complexity index is 628. The van der Waals surface area contributed by atoms with E-state index in [0.29, 0.717) is 13.0 Å². The molecular formula is C20H26N2O2. The topological polar surface area (TPSA) is 49.4 Å². The van der Waals surface area contributed by atoms with Crippen LogP contribution >= 0.6 is 0 Å². The molecule has 0 spiro atoms. The number of benzene rings is 1. The van der Waals surface area contributed by atoms with Gasteiger partial charge in [-0.3, -0.25) is 9.59 Å². The summed E-state index contributed by atoms with van der Waals surface area (Å²) in [6.45, 7) is 1.29. The molecule has 3 rings (SSSR count). The molecule has 4 heteroatoms. The lowest BCUT2D eigenvalue weighted by Gasteiger charge is -2.27. The van der Waals surface area contributed by atoms with Crippen LogP contribution in [0.15, 0.2) is 35.9 Å². The average Bonchev–Trinajstić information content (AvgIpc) is 2.61. The van der Waals surface area contributed by atoms with Gasteiger partial charge in [0.15, 0.2) is 0 Å². The van der Waals surface area contributed by atoms with Crippen LogP contribution in [0.4, 0.5) is 5.69 Å². The van der Waals surface area contributed by atoms with Gasteiger partial charge in [-0.05, 0) is 56.2 Å². The third kappa shape index (κ3) is 4.47. The zero-order valence-electron chi connectivity index (χ0n) is 14.2. The van der Waals surface area contributed by atoms with Gasteiger partial charge in [-0.25, -0.2) is 0 Å². The Morgan fingerprint density at radius 1 is 1.08 bits per heavy atom. The van der Waals surface area contributed by atoms with Crippen LogP contribution in [0.2, 0.25) is 0 Å². The van der Waals surface area contributed by atoms with Crippen LogP contribution in [0.1, 0.15) is 56.9 Å². The van der Waals surface area contributed by atoms with E-state index < -0.39 is 0 Å². The third-order valence-corrected chi connectivity index (χ3v) is 4.84. The second-order valence-corrected chi connectivity index (χ2v) is 6.75. The van der Waals surface area contributed by atoms with Crippen molar-refractivity contribution < 1.29 is 9.59 Å². The Morgan fingerprint density at radius 2 is 1.88 bits per heavy atom. The van der Waals surface area contributed by atoms with Crippen molar-refractivity contribution in [3.05, 3.63) is 41.5 Å². The molecule has 2 fully saturated rings. The Labute approximate surface area is 143 Å². The molecule has 1 saturated carbocycles.